The van der Waals surface area contributed by atoms with Gasteiger partial charge in [0.15, 0.2) is 0 Å². The van der Waals surface area contributed by atoms with Crippen molar-refractivity contribution in [3.05, 3.63) is 116 Å². The van der Waals surface area contributed by atoms with Crippen LogP contribution in [0.25, 0.3) is 32.3 Å². The third kappa shape index (κ3) is 5.34. The van der Waals surface area contributed by atoms with E-state index in [1.165, 1.54) is 32.3 Å². The first-order valence-corrected chi connectivity index (χ1v) is 8.70. The summed E-state index contributed by atoms with van der Waals surface area (Å²) >= 11 is 0. The summed E-state index contributed by atoms with van der Waals surface area (Å²) < 4.78 is 28.8. The largest absolute Gasteiger partial charge is 0.487 e. The van der Waals surface area contributed by atoms with Crippen LogP contribution in [0.5, 0.6) is 0 Å². The number of hydrogen-bond acceptors (Lipinski definition) is 0. The Morgan fingerprint density at radius 1 is 0.464 bits per heavy atom. The van der Waals surface area contributed by atoms with Crippen LogP contribution in [0.1, 0.15) is 0 Å². The lowest BCUT2D eigenvalue weighted by molar-refractivity contribution is 0.142. The molecule has 5 rings (SSSR count). The van der Waals surface area contributed by atoms with Crippen LogP contribution < -0.4 is 0 Å². The maximum absolute atomic E-state index is 9.58. The Hall–Kier alpha value is -3.33. The molecule has 0 atom stereocenters. The summed E-state index contributed by atoms with van der Waals surface area (Å²) in [6.07, 6.45) is 0. The Morgan fingerprint density at radius 3 is 1.11 bits per heavy atom. The van der Waals surface area contributed by atoms with E-state index in [4.69, 9.17) is 0 Å². The fourth-order valence-electron chi connectivity index (χ4n) is 2.92. The number of halogens is 3. The molecule has 0 aromatic heterocycles. The molecule has 0 amide bonds. The van der Waals surface area contributed by atoms with Crippen molar-refractivity contribution in [1.29, 1.82) is 0 Å². The van der Waals surface area contributed by atoms with Gasteiger partial charge in [-0.1, -0.05) is 97.1 Å². The van der Waals surface area contributed by atoms with E-state index in [1.807, 2.05) is 12.1 Å². The molecule has 0 heterocycles. The monoisotopic (exact) mass is 374 g/mol. The van der Waals surface area contributed by atoms with E-state index in [2.05, 4.69) is 97.1 Å². The lowest BCUT2D eigenvalue weighted by atomic mass is 10.0. The van der Waals surface area contributed by atoms with Crippen LogP contribution in [0.2, 0.25) is 0 Å². The summed E-state index contributed by atoms with van der Waals surface area (Å²) in [5, 5.41) is 7.50. The topological polar surface area (TPSA) is 0 Å². The third-order valence-electron chi connectivity index (χ3n) is 4.16. The highest BCUT2D eigenvalue weighted by Gasteiger charge is 1.96. The zero-order valence-electron chi connectivity index (χ0n) is 14.9. The van der Waals surface area contributed by atoms with E-state index >= 15 is 0 Å². The molecule has 0 saturated carbocycles. The molecule has 5 aromatic carbocycles. The van der Waals surface area contributed by atoms with Crippen molar-refractivity contribution < 1.29 is 13.2 Å². The normalized spacial score (nSPS) is 10.3. The van der Waals surface area contributed by atoms with Gasteiger partial charge in [-0.3, -0.25) is 0 Å². The minimum Gasteiger partial charge on any atom is -0.162 e. The second kappa shape index (κ2) is 9.56. The van der Waals surface area contributed by atoms with E-state index < -0.39 is 6.68 Å². The number of fused-ring (bicyclic) bond motifs is 3. The molecule has 0 aliphatic carbocycles. The van der Waals surface area contributed by atoms with Gasteiger partial charge in [0, 0.05) is 0 Å². The third-order valence-corrected chi connectivity index (χ3v) is 4.16. The Balaban J connectivity index is 0.000000141. The average Bonchev–Trinajstić information content (AvgIpc) is 2.72. The lowest BCUT2D eigenvalue weighted by Gasteiger charge is -2.00. The molecule has 2 radical (unpaired) electrons. The molecule has 0 fully saturated rings. The Kier molecular flexibility index (Phi) is 6.64. The maximum atomic E-state index is 9.58. The maximum Gasteiger partial charge on any atom is 0.487 e. The highest BCUT2D eigenvalue weighted by Crippen LogP contribution is 2.21. The molecule has 0 saturated heterocycles. The van der Waals surface area contributed by atoms with Crippen molar-refractivity contribution in [2.45, 2.75) is 0 Å². The minimum absolute atomic E-state index is 1.19. The van der Waals surface area contributed by atoms with E-state index in [9.17, 15) is 13.2 Å². The average molecular weight is 374 g/mol. The number of hydrogen-bond donors (Lipinski definition) is 0. The smallest absolute Gasteiger partial charge is 0.162 e. The lowest BCUT2D eigenvalue weighted by Crippen LogP contribution is -1.75. The molecule has 138 valence electrons. The fourth-order valence-corrected chi connectivity index (χ4v) is 2.92. The molecular formula is C25H17F3. The number of rotatable bonds is 0. The van der Waals surface area contributed by atoms with Crippen molar-refractivity contribution in [3.8, 4) is 0 Å². The van der Waals surface area contributed by atoms with E-state index in [0.717, 1.165) is 0 Å². The zero-order chi connectivity index (χ0) is 19.8. The van der Waals surface area contributed by atoms with Crippen molar-refractivity contribution in [2.24, 2.45) is 0 Å². The van der Waals surface area contributed by atoms with Crippen LogP contribution in [0.3, 0.4) is 0 Å². The fraction of sp³-hybridized carbons (Fsp3) is 0. The van der Waals surface area contributed by atoms with Crippen LogP contribution >= 0.6 is 0 Å². The Bertz CT molecular complexity index is 993. The molecule has 0 N–H and O–H groups in total. The first kappa shape index (κ1) is 19.4. The predicted octanol–water partition coefficient (Wildman–Crippen LogP) is 7.97. The van der Waals surface area contributed by atoms with Crippen LogP contribution in [0.15, 0.2) is 103 Å². The van der Waals surface area contributed by atoms with Gasteiger partial charge in [-0.05, 0) is 44.5 Å². The summed E-state index contributed by atoms with van der Waals surface area (Å²) in [7, 11) is 0. The van der Waals surface area contributed by atoms with Gasteiger partial charge in [-0.25, -0.2) is 0 Å². The van der Waals surface area contributed by atoms with Gasteiger partial charge in [0.25, 0.3) is 0 Å². The molecular weight excluding hydrogens is 357 g/mol. The molecule has 0 bridgehead atoms. The Morgan fingerprint density at radius 2 is 0.750 bits per heavy atom. The standard InChI is InChI=1S/C14H9.C10H8.CF3/c1-2-6-12-10-14-8-4-3-7-13(14)9-11(12)5-1;1-2-6-10-8-4-3-7-9(10)5-1;2-1(3)4/h1-9H;1-8H;. The van der Waals surface area contributed by atoms with E-state index in [-0.39, 0.29) is 0 Å². The molecule has 0 nitrogen and oxygen atoms in total. The van der Waals surface area contributed by atoms with Gasteiger partial charge in [0.2, 0.25) is 0 Å². The summed E-state index contributed by atoms with van der Waals surface area (Å²) in [6.45, 7) is -3.08. The minimum atomic E-state index is -3.08. The molecule has 5 aromatic rings. The summed E-state index contributed by atoms with van der Waals surface area (Å²) in [5.41, 5.74) is 0. The highest BCUT2D eigenvalue weighted by atomic mass is 19.4. The van der Waals surface area contributed by atoms with Gasteiger partial charge in [-0.2, -0.15) is 13.2 Å². The molecule has 0 unspecified atom stereocenters. The van der Waals surface area contributed by atoms with Gasteiger partial charge < -0.3 is 0 Å². The molecule has 0 aliphatic heterocycles. The summed E-state index contributed by atoms with van der Waals surface area (Å²) in [5.74, 6) is 0. The quantitative estimate of drug-likeness (QED) is 0.241. The van der Waals surface area contributed by atoms with Crippen LogP contribution in [-0.2, 0) is 0 Å². The van der Waals surface area contributed by atoms with Crippen LogP contribution in [0, 0.1) is 12.7 Å². The predicted molar refractivity (Wildman–Crippen MR) is 111 cm³/mol. The summed E-state index contributed by atoms with van der Waals surface area (Å²) in [6, 6.07) is 39.0. The van der Waals surface area contributed by atoms with E-state index in [0.29, 0.717) is 0 Å². The second-order valence-electron chi connectivity index (χ2n) is 6.01. The Labute approximate surface area is 161 Å². The molecule has 28 heavy (non-hydrogen) atoms. The van der Waals surface area contributed by atoms with Gasteiger partial charge in [-0.15, -0.1) is 0 Å². The SMILES string of the molecule is F[C](F)F.[c]1c2ccccc2cc2ccccc12.c1ccc2ccccc2c1. The van der Waals surface area contributed by atoms with Gasteiger partial charge in [0.05, 0.1) is 0 Å². The first-order chi connectivity index (χ1) is 13.6. The van der Waals surface area contributed by atoms with E-state index in [1.54, 1.807) is 0 Å². The van der Waals surface area contributed by atoms with Crippen molar-refractivity contribution >= 4 is 32.3 Å². The second-order valence-corrected chi connectivity index (χ2v) is 6.01. The van der Waals surface area contributed by atoms with Crippen LogP contribution in [-0.4, -0.2) is 0 Å². The van der Waals surface area contributed by atoms with Crippen molar-refractivity contribution in [2.75, 3.05) is 0 Å². The highest BCUT2D eigenvalue weighted by molar-refractivity contribution is 5.97. The molecule has 0 spiro atoms. The van der Waals surface area contributed by atoms with Crippen LogP contribution in [0.4, 0.5) is 13.2 Å². The van der Waals surface area contributed by atoms with Crippen molar-refractivity contribution in [1.82, 2.24) is 0 Å². The van der Waals surface area contributed by atoms with Gasteiger partial charge in [0.1, 0.15) is 0 Å². The molecule has 0 aliphatic rings. The zero-order valence-corrected chi connectivity index (χ0v) is 14.9. The van der Waals surface area contributed by atoms with Crippen molar-refractivity contribution in [3.63, 3.8) is 0 Å². The summed E-state index contributed by atoms with van der Waals surface area (Å²) in [4.78, 5) is 0. The number of benzene rings is 5. The molecule has 3 heteroatoms. The first-order valence-electron chi connectivity index (χ1n) is 8.70. The van der Waals surface area contributed by atoms with Gasteiger partial charge >= 0.3 is 6.68 Å².